The molecule has 0 saturated heterocycles. The molecule has 0 N–H and O–H groups in total. The zero-order valence-corrected chi connectivity index (χ0v) is 12.4. The maximum absolute atomic E-state index is 12.5. The molecule has 1 radical (unpaired) electrons. The van der Waals surface area contributed by atoms with Crippen LogP contribution in [0, 0.1) is 6.07 Å². The van der Waals surface area contributed by atoms with Crippen LogP contribution in [0.2, 0.25) is 0 Å². The van der Waals surface area contributed by atoms with Crippen molar-refractivity contribution in [3.63, 3.8) is 0 Å². The summed E-state index contributed by atoms with van der Waals surface area (Å²) in [5, 5.41) is 0.589. The van der Waals surface area contributed by atoms with Crippen LogP contribution >= 0.6 is 0 Å². The highest BCUT2D eigenvalue weighted by Gasteiger charge is 2.14. The second-order valence-electron chi connectivity index (χ2n) is 6.23. The van der Waals surface area contributed by atoms with E-state index in [-0.39, 0.29) is 10.8 Å². The summed E-state index contributed by atoms with van der Waals surface area (Å²) < 4.78 is 5.54. The predicted octanol–water partition coefficient (Wildman–Crippen LogP) is 4.56. The molecule has 3 rings (SSSR count). The minimum Gasteiger partial charge on any atom is -0.463 e. The largest absolute Gasteiger partial charge is 0.463 e. The fourth-order valence-corrected chi connectivity index (χ4v) is 2.37. The van der Waals surface area contributed by atoms with Crippen LogP contribution in [0.1, 0.15) is 26.3 Å². The Morgan fingerprint density at radius 2 is 1.76 bits per heavy atom. The first kappa shape index (κ1) is 13.6. The van der Waals surface area contributed by atoms with E-state index >= 15 is 0 Å². The standard InChI is InChI=1S/C19H17O2/c1-19(2,3)14-10-8-13(9-11-14)16-12-21-17-7-5-4-6-15(17)18(16)20/h4,6-12H,1-3H3. The molecule has 0 fully saturated rings. The Hall–Kier alpha value is -2.35. The molecule has 0 aliphatic rings. The van der Waals surface area contributed by atoms with Gasteiger partial charge in [-0.2, -0.15) is 0 Å². The third kappa shape index (κ3) is 2.49. The molecule has 0 unspecified atom stereocenters. The van der Waals surface area contributed by atoms with E-state index in [4.69, 9.17) is 4.42 Å². The van der Waals surface area contributed by atoms with Crippen molar-refractivity contribution in [2.75, 3.05) is 0 Å². The lowest BCUT2D eigenvalue weighted by Crippen LogP contribution is -2.11. The molecular formula is C19H17O2. The molecular weight excluding hydrogens is 260 g/mol. The smallest absolute Gasteiger partial charge is 0.200 e. The molecule has 2 nitrogen and oxygen atoms in total. The van der Waals surface area contributed by atoms with Crippen LogP contribution in [0.5, 0.6) is 0 Å². The van der Waals surface area contributed by atoms with Gasteiger partial charge in [0.25, 0.3) is 0 Å². The van der Waals surface area contributed by atoms with E-state index in [0.29, 0.717) is 16.5 Å². The van der Waals surface area contributed by atoms with Crippen molar-refractivity contribution in [3.05, 3.63) is 70.6 Å². The zero-order valence-electron chi connectivity index (χ0n) is 12.4. The molecule has 21 heavy (non-hydrogen) atoms. The Bertz CT molecular complexity index is 834. The van der Waals surface area contributed by atoms with Crippen molar-refractivity contribution in [1.82, 2.24) is 0 Å². The van der Waals surface area contributed by atoms with Crippen molar-refractivity contribution in [2.24, 2.45) is 0 Å². The first-order valence-corrected chi connectivity index (χ1v) is 6.99. The molecule has 0 amide bonds. The van der Waals surface area contributed by atoms with Gasteiger partial charge in [0.1, 0.15) is 11.8 Å². The quantitative estimate of drug-likeness (QED) is 0.653. The number of rotatable bonds is 1. The number of hydrogen-bond acceptors (Lipinski definition) is 2. The Kier molecular flexibility index (Phi) is 3.17. The topological polar surface area (TPSA) is 30.2 Å². The summed E-state index contributed by atoms with van der Waals surface area (Å²) in [5.74, 6) is 0. The van der Waals surface area contributed by atoms with Crippen LogP contribution in [0.15, 0.2) is 57.9 Å². The predicted molar refractivity (Wildman–Crippen MR) is 85.5 cm³/mol. The van der Waals surface area contributed by atoms with Crippen LogP contribution in [-0.4, -0.2) is 0 Å². The van der Waals surface area contributed by atoms with Gasteiger partial charge in [-0.05, 0) is 34.7 Å². The van der Waals surface area contributed by atoms with Crippen LogP contribution in [0.25, 0.3) is 22.1 Å². The number of fused-ring (bicyclic) bond motifs is 1. The van der Waals surface area contributed by atoms with Gasteiger partial charge >= 0.3 is 0 Å². The van der Waals surface area contributed by atoms with Crippen molar-refractivity contribution < 1.29 is 4.42 Å². The summed E-state index contributed by atoms with van der Waals surface area (Å²) in [6.45, 7) is 6.51. The highest BCUT2D eigenvalue weighted by atomic mass is 16.3. The molecule has 0 aliphatic carbocycles. The van der Waals surface area contributed by atoms with Gasteiger partial charge in [-0.3, -0.25) is 4.79 Å². The summed E-state index contributed by atoms with van der Waals surface area (Å²) in [6.07, 6.45) is 1.53. The van der Waals surface area contributed by atoms with Gasteiger partial charge in [0.2, 0.25) is 0 Å². The van der Waals surface area contributed by atoms with E-state index in [0.717, 1.165) is 5.56 Å². The molecule has 0 saturated carbocycles. The molecule has 0 atom stereocenters. The minimum absolute atomic E-state index is 0.00578. The fourth-order valence-electron chi connectivity index (χ4n) is 2.37. The molecule has 1 aromatic heterocycles. The van der Waals surface area contributed by atoms with Gasteiger partial charge in [0.05, 0.1) is 10.9 Å². The highest BCUT2D eigenvalue weighted by Crippen LogP contribution is 2.25. The van der Waals surface area contributed by atoms with Crippen LogP contribution < -0.4 is 5.43 Å². The van der Waals surface area contributed by atoms with Crippen molar-refractivity contribution in [3.8, 4) is 11.1 Å². The first-order valence-electron chi connectivity index (χ1n) is 6.99. The molecule has 3 aromatic rings. The Morgan fingerprint density at radius 1 is 1.05 bits per heavy atom. The third-order valence-electron chi connectivity index (χ3n) is 3.68. The van der Waals surface area contributed by atoms with E-state index in [9.17, 15) is 4.79 Å². The summed E-state index contributed by atoms with van der Waals surface area (Å²) in [5.41, 5.74) is 3.38. The second-order valence-corrected chi connectivity index (χ2v) is 6.23. The molecule has 0 bridgehead atoms. The summed E-state index contributed by atoms with van der Waals surface area (Å²) in [4.78, 5) is 12.5. The van der Waals surface area contributed by atoms with E-state index in [1.807, 2.05) is 12.1 Å². The van der Waals surface area contributed by atoms with E-state index in [1.165, 1.54) is 11.8 Å². The average molecular weight is 277 g/mol. The second kappa shape index (κ2) is 4.88. The van der Waals surface area contributed by atoms with Gasteiger partial charge in [-0.15, -0.1) is 0 Å². The van der Waals surface area contributed by atoms with Crippen molar-refractivity contribution in [1.29, 1.82) is 0 Å². The number of hydrogen-bond donors (Lipinski definition) is 0. The van der Waals surface area contributed by atoms with Gasteiger partial charge in [-0.1, -0.05) is 51.1 Å². The summed E-state index contributed by atoms with van der Waals surface area (Å²) in [7, 11) is 0. The third-order valence-corrected chi connectivity index (χ3v) is 3.68. The zero-order chi connectivity index (χ0) is 15.0. The van der Waals surface area contributed by atoms with E-state index in [2.05, 4.69) is 39.0 Å². The minimum atomic E-state index is -0.00578. The SMILES string of the molecule is CC(C)(C)c1ccc(-c2coc3c[c]ccc3c2=O)cc1. The van der Waals surface area contributed by atoms with Crippen LogP contribution in [0.4, 0.5) is 0 Å². The van der Waals surface area contributed by atoms with Crippen molar-refractivity contribution >= 4 is 11.0 Å². The van der Waals surface area contributed by atoms with Gasteiger partial charge in [-0.25, -0.2) is 0 Å². The highest BCUT2D eigenvalue weighted by molar-refractivity contribution is 5.81. The lowest BCUT2D eigenvalue weighted by atomic mass is 9.86. The fraction of sp³-hybridized carbons (Fsp3) is 0.211. The molecule has 2 heteroatoms. The first-order chi connectivity index (χ1) is 9.97. The summed E-state index contributed by atoms with van der Waals surface area (Å²) in [6, 6.07) is 16.2. The van der Waals surface area contributed by atoms with Gasteiger partial charge in [0, 0.05) is 0 Å². The lowest BCUT2D eigenvalue weighted by Gasteiger charge is -2.19. The van der Waals surface area contributed by atoms with E-state index in [1.54, 1.807) is 18.2 Å². The maximum Gasteiger partial charge on any atom is 0.200 e. The van der Waals surface area contributed by atoms with Crippen LogP contribution in [0.3, 0.4) is 0 Å². The average Bonchev–Trinajstić information content (AvgIpc) is 2.47. The lowest BCUT2D eigenvalue weighted by molar-refractivity contribution is 0.590. The summed E-state index contributed by atoms with van der Waals surface area (Å²) >= 11 is 0. The van der Waals surface area contributed by atoms with Gasteiger partial charge < -0.3 is 4.42 Å². The molecule has 1 heterocycles. The van der Waals surface area contributed by atoms with E-state index < -0.39 is 0 Å². The Balaban J connectivity index is 2.13. The maximum atomic E-state index is 12.5. The molecule has 0 spiro atoms. The number of benzene rings is 2. The van der Waals surface area contributed by atoms with Crippen LogP contribution in [-0.2, 0) is 5.41 Å². The Labute approximate surface area is 124 Å². The molecule has 2 aromatic carbocycles. The molecule has 105 valence electrons. The van der Waals surface area contributed by atoms with Gasteiger partial charge in [0.15, 0.2) is 5.43 Å². The Morgan fingerprint density at radius 3 is 2.43 bits per heavy atom. The normalized spacial score (nSPS) is 11.8. The molecule has 0 aliphatic heterocycles. The van der Waals surface area contributed by atoms with Crippen molar-refractivity contribution in [2.45, 2.75) is 26.2 Å². The monoisotopic (exact) mass is 277 g/mol.